The smallest absolute Gasteiger partial charge is 0.314 e. The van der Waals surface area contributed by atoms with Crippen LogP contribution in [0.4, 0.5) is 13.2 Å². The maximum Gasteiger partial charge on any atom is 0.389 e. The Morgan fingerprint density at radius 1 is 1.29 bits per heavy atom. The van der Waals surface area contributed by atoms with Gasteiger partial charge in [0.2, 0.25) is 0 Å². The van der Waals surface area contributed by atoms with Gasteiger partial charge in [0.05, 0.1) is 0 Å². The number of hydrogen-bond acceptors (Lipinski definition) is 2. The largest absolute Gasteiger partial charge is 0.389 e. The predicted molar refractivity (Wildman–Crippen MR) is 81.4 cm³/mol. The Morgan fingerprint density at radius 2 is 1.95 bits per heavy atom. The van der Waals surface area contributed by atoms with Gasteiger partial charge in [0.1, 0.15) is 0 Å². The molecule has 1 aliphatic heterocycles. The van der Waals surface area contributed by atoms with Crippen molar-refractivity contribution >= 4 is 15.9 Å². The van der Waals surface area contributed by atoms with Crippen LogP contribution in [0.25, 0.3) is 0 Å². The van der Waals surface area contributed by atoms with E-state index >= 15 is 0 Å². The Bertz CT molecular complexity index is 470. The van der Waals surface area contributed by atoms with Gasteiger partial charge < -0.3 is 5.32 Å². The van der Waals surface area contributed by atoms with Crippen LogP contribution in [0.5, 0.6) is 0 Å². The van der Waals surface area contributed by atoms with E-state index in [0.29, 0.717) is 0 Å². The molecule has 1 fully saturated rings. The van der Waals surface area contributed by atoms with Gasteiger partial charge in [0, 0.05) is 43.1 Å². The predicted octanol–water partition coefficient (Wildman–Crippen LogP) is 4.05. The first kappa shape index (κ1) is 16.8. The minimum absolute atomic E-state index is 0.110. The van der Waals surface area contributed by atoms with Gasteiger partial charge >= 0.3 is 6.18 Å². The SMILES string of the molecule is Cc1ccc([C@@H](CCC(F)(F)F)N2CCNCC2)cc1Br. The van der Waals surface area contributed by atoms with Crippen molar-refractivity contribution in [1.82, 2.24) is 10.2 Å². The highest BCUT2D eigenvalue weighted by atomic mass is 79.9. The van der Waals surface area contributed by atoms with Crippen LogP contribution in [0.1, 0.15) is 30.0 Å². The zero-order chi connectivity index (χ0) is 15.5. The second-order valence-corrected chi connectivity index (χ2v) is 6.32. The molecule has 1 aromatic rings. The van der Waals surface area contributed by atoms with E-state index in [1.165, 1.54) is 0 Å². The summed E-state index contributed by atoms with van der Waals surface area (Å²) in [7, 11) is 0. The van der Waals surface area contributed by atoms with E-state index in [9.17, 15) is 13.2 Å². The standard InChI is InChI=1S/C15H20BrF3N2/c1-11-2-3-12(10-13(11)16)14(4-5-15(17,18)19)21-8-6-20-7-9-21/h2-3,10,14,20H,4-9H2,1H3/t14-/m1/s1. The summed E-state index contributed by atoms with van der Waals surface area (Å²) >= 11 is 3.48. The van der Waals surface area contributed by atoms with Crippen molar-refractivity contribution in [2.45, 2.75) is 32.0 Å². The van der Waals surface area contributed by atoms with Crippen LogP contribution in [-0.4, -0.2) is 37.3 Å². The lowest BCUT2D eigenvalue weighted by molar-refractivity contribution is -0.138. The van der Waals surface area contributed by atoms with Crippen LogP contribution >= 0.6 is 15.9 Å². The fourth-order valence-corrected chi connectivity index (χ4v) is 3.07. The minimum Gasteiger partial charge on any atom is -0.314 e. The Kier molecular flexibility index (Phi) is 5.68. The topological polar surface area (TPSA) is 15.3 Å². The van der Waals surface area contributed by atoms with Crippen LogP contribution in [0, 0.1) is 6.92 Å². The maximum absolute atomic E-state index is 12.6. The molecule has 0 radical (unpaired) electrons. The van der Waals surface area contributed by atoms with Crippen LogP contribution in [-0.2, 0) is 0 Å². The third-order valence-corrected chi connectivity index (χ3v) is 4.73. The van der Waals surface area contributed by atoms with Crippen LogP contribution < -0.4 is 5.32 Å². The molecule has 0 aromatic heterocycles. The zero-order valence-electron chi connectivity index (χ0n) is 12.0. The zero-order valence-corrected chi connectivity index (χ0v) is 13.6. The highest BCUT2D eigenvalue weighted by Gasteiger charge is 2.31. The highest BCUT2D eigenvalue weighted by Crippen LogP contribution is 2.33. The second kappa shape index (κ2) is 7.11. The number of rotatable bonds is 4. The van der Waals surface area contributed by atoms with Gasteiger partial charge in [-0.2, -0.15) is 13.2 Å². The number of aryl methyl sites for hydroxylation is 1. The first-order valence-electron chi connectivity index (χ1n) is 7.14. The van der Waals surface area contributed by atoms with E-state index in [2.05, 4.69) is 26.1 Å². The third-order valence-electron chi connectivity index (χ3n) is 3.87. The number of nitrogens with one attached hydrogen (secondary N) is 1. The normalized spacial score (nSPS) is 18.7. The van der Waals surface area contributed by atoms with Gasteiger partial charge in [0.25, 0.3) is 0 Å². The number of alkyl halides is 3. The number of nitrogens with zero attached hydrogens (tertiary/aromatic N) is 1. The van der Waals surface area contributed by atoms with Crippen LogP contribution in [0.2, 0.25) is 0 Å². The molecule has 0 amide bonds. The Hall–Kier alpha value is -0.590. The number of benzene rings is 1. The summed E-state index contributed by atoms with van der Waals surface area (Å²) in [4.78, 5) is 2.15. The van der Waals surface area contributed by atoms with E-state index in [1.54, 1.807) is 0 Å². The molecule has 0 aliphatic carbocycles. The molecule has 2 rings (SSSR count). The van der Waals surface area contributed by atoms with Crippen molar-refractivity contribution in [2.24, 2.45) is 0 Å². The minimum atomic E-state index is -4.10. The molecule has 1 N–H and O–H groups in total. The van der Waals surface area contributed by atoms with E-state index in [4.69, 9.17) is 0 Å². The third kappa shape index (κ3) is 4.97. The highest BCUT2D eigenvalue weighted by molar-refractivity contribution is 9.10. The van der Waals surface area contributed by atoms with Crippen molar-refractivity contribution in [3.05, 3.63) is 33.8 Å². The van der Waals surface area contributed by atoms with Crippen molar-refractivity contribution in [3.8, 4) is 0 Å². The van der Waals surface area contributed by atoms with E-state index in [-0.39, 0.29) is 12.5 Å². The monoisotopic (exact) mass is 364 g/mol. The summed E-state index contributed by atoms with van der Waals surface area (Å²) in [5.74, 6) is 0. The molecule has 21 heavy (non-hydrogen) atoms. The summed E-state index contributed by atoms with van der Waals surface area (Å²) in [6.45, 7) is 5.20. The molecule has 1 aliphatic rings. The summed E-state index contributed by atoms with van der Waals surface area (Å²) in [6.07, 6.45) is -4.74. The second-order valence-electron chi connectivity index (χ2n) is 5.46. The fraction of sp³-hybridized carbons (Fsp3) is 0.600. The van der Waals surface area contributed by atoms with Crippen molar-refractivity contribution in [1.29, 1.82) is 0 Å². The molecule has 1 atom stereocenters. The molecule has 0 spiro atoms. The van der Waals surface area contributed by atoms with E-state index in [0.717, 1.165) is 41.8 Å². The van der Waals surface area contributed by atoms with Gasteiger partial charge in [-0.05, 0) is 30.5 Å². The molecule has 118 valence electrons. The Balaban J connectivity index is 2.18. The average Bonchev–Trinajstić information content (AvgIpc) is 2.43. The molecule has 1 saturated heterocycles. The lowest BCUT2D eigenvalue weighted by atomic mass is 9.98. The summed E-state index contributed by atoms with van der Waals surface area (Å²) < 4.78 is 38.8. The number of hydrogen-bond donors (Lipinski definition) is 1. The lowest BCUT2D eigenvalue weighted by Gasteiger charge is -2.35. The van der Waals surface area contributed by atoms with Crippen LogP contribution in [0.15, 0.2) is 22.7 Å². The first-order chi connectivity index (χ1) is 9.87. The molecule has 2 nitrogen and oxygen atoms in total. The summed E-state index contributed by atoms with van der Waals surface area (Å²) in [5.41, 5.74) is 2.05. The first-order valence-corrected chi connectivity index (χ1v) is 7.94. The van der Waals surface area contributed by atoms with E-state index in [1.807, 2.05) is 25.1 Å². The van der Waals surface area contributed by atoms with Crippen molar-refractivity contribution in [3.63, 3.8) is 0 Å². The quantitative estimate of drug-likeness (QED) is 0.866. The van der Waals surface area contributed by atoms with Crippen molar-refractivity contribution < 1.29 is 13.2 Å². The summed E-state index contributed by atoms with van der Waals surface area (Å²) in [5, 5.41) is 3.24. The van der Waals surface area contributed by atoms with Crippen LogP contribution in [0.3, 0.4) is 0 Å². The Morgan fingerprint density at radius 3 is 2.52 bits per heavy atom. The molecule has 6 heteroatoms. The summed E-state index contributed by atoms with van der Waals surface area (Å²) in [6, 6.07) is 5.69. The Labute approximate surface area is 131 Å². The van der Waals surface area contributed by atoms with Gasteiger partial charge in [-0.15, -0.1) is 0 Å². The molecular weight excluding hydrogens is 345 g/mol. The van der Waals surface area contributed by atoms with E-state index < -0.39 is 12.6 Å². The molecular formula is C15H20BrF3N2. The van der Waals surface area contributed by atoms with Gasteiger partial charge in [-0.25, -0.2) is 0 Å². The molecule has 1 aromatic carbocycles. The lowest BCUT2D eigenvalue weighted by Crippen LogP contribution is -2.45. The van der Waals surface area contributed by atoms with Gasteiger partial charge in [0.15, 0.2) is 0 Å². The fourth-order valence-electron chi connectivity index (χ4n) is 2.67. The molecule has 0 unspecified atom stereocenters. The molecule has 0 bridgehead atoms. The van der Waals surface area contributed by atoms with Gasteiger partial charge in [-0.3, -0.25) is 4.90 Å². The van der Waals surface area contributed by atoms with Crippen molar-refractivity contribution in [2.75, 3.05) is 26.2 Å². The molecule has 0 saturated carbocycles. The number of halogens is 4. The average molecular weight is 365 g/mol. The van der Waals surface area contributed by atoms with Gasteiger partial charge in [-0.1, -0.05) is 28.1 Å². The number of piperazine rings is 1. The maximum atomic E-state index is 12.6. The molecule has 1 heterocycles.